The minimum absolute atomic E-state index is 0.00171. The Kier molecular flexibility index (Phi) is 3.88. The van der Waals surface area contributed by atoms with Crippen molar-refractivity contribution in [2.75, 3.05) is 13.7 Å². The molecule has 82 valence electrons. The summed E-state index contributed by atoms with van der Waals surface area (Å²) in [4.78, 5) is 11.7. The summed E-state index contributed by atoms with van der Waals surface area (Å²) in [6, 6.07) is 1.90. The molecule has 4 heteroatoms. The van der Waals surface area contributed by atoms with Gasteiger partial charge in [-0.05, 0) is 25.5 Å². The Balaban J connectivity index is 3.49. The summed E-state index contributed by atoms with van der Waals surface area (Å²) in [6.07, 6.45) is 0. The van der Waals surface area contributed by atoms with Gasteiger partial charge in [0, 0.05) is 10.0 Å². The molecular weight excluding hydrogens is 258 g/mol. The van der Waals surface area contributed by atoms with Gasteiger partial charge in [-0.25, -0.2) is 0 Å². The molecule has 0 aromatic heterocycles. The molecule has 0 spiro atoms. The second kappa shape index (κ2) is 4.77. The first-order chi connectivity index (χ1) is 7.02. The highest BCUT2D eigenvalue weighted by Crippen LogP contribution is 2.32. The topological polar surface area (TPSA) is 52.3 Å². The maximum atomic E-state index is 11.7. The third-order valence-electron chi connectivity index (χ3n) is 2.33. The Morgan fingerprint density at radius 2 is 2.13 bits per heavy atom. The first-order valence-electron chi connectivity index (χ1n) is 4.59. The van der Waals surface area contributed by atoms with E-state index in [0.717, 1.165) is 15.6 Å². The SMILES string of the molecule is COc1c(C)c(Br)cc(C)c1C(=O)CN. The molecule has 0 aliphatic rings. The minimum Gasteiger partial charge on any atom is -0.496 e. The van der Waals surface area contributed by atoms with Crippen LogP contribution in [0.4, 0.5) is 0 Å². The fourth-order valence-corrected chi connectivity index (χ4v) is 2.07. The summed E-state index contributed by atoms with van der Waals surface area (Å²) in [5, 5.41) is 0. The third kappa shape index (κ3) is 2.21. The summed E-state index contributed by atoms with van der Waals surface area (Å²) >= 11 is 3.42. The van der Waals surface area contributed by atoms with Gasteiger partial charge in [0.2, 0.25) is 0 Å². The highest BCUT2D eigenvalue weighted by Gasteiger charge is 2.17. The highest BCUT2D eigenvalue weighted by atomic mass is 79.9. The molecule has 0 unspecified atom stereocenters. The normalized spacial score (nSPS) is 10.2. The predicted octanol–water partition coefficient (Wildman–Crippen LogP) is 2.22. The number of rotatable bonds is 3. The largest absolute Gasteiger partial charge is 0.496 e. The maximum Gasteiger partial charge on any atom is 0.180 e. The lowest BCUT2D eigenvalue weighted by Gasteiger charge is -2.14. The molecule has 0 radical (unpaired) electrons. The second-order valence-corrected chi connectivity index (χ2v) is 4.19. The molecule has 1 rings (SSSR count). The van der Waals surface area contributed by atoms with Crippen LogP contribution in [0.1, 0.15) is 21.5 Å². The van der Waals surface area contributed by atoms with Gasteiger partial charge in [-0.3, -0.25) is 4.79 Å². The van der Waals surface area contributed by atoms with Gasteiger partial charge >= 0.3 is 0 Å². The van der Waals surface area contributed by atoms with E-state index in [4.69, 9.17) is 10.5 Å². The zero-order chi connectivity index (χ0) is 11.6. The molecule has 0 fully saturated rings. The van der Waals surface area contributed by atoms with E-state index < -0.39 is 0 Å². The van der Waals surface area contributed by atoms with Crippen molar-refractivity contribution in [3.05, 3.63) is 27.2 Å². The van der Waals surface area contributed by atoms with E-state index in [2.05, 4.69) is 15.9 Å². The lowest BCUT2D eigenvalue weighted by atomic mass is 10.00. The highest BCUT2D eigenvalue weighted by molar-refractivity contribution is 9.10. The smallest absolute Gasteiger partial charge is 0.180 e. The quantitative estimate of drug-likeness (QED) is 0.858. The molecule has 15 heavy (non-hydrogen) atoms. The van der Waals surface area contributed by atoms with Crippen LogP contribution in [0.3, 0.4) is 0 Å². The van der Waals surface area contributed by atoms with Crippen LogP contribution < -0.4 is 10.5 Å². The van der Waals surface area contributed by atoms with Crippen molar-refractivity contribution in [2.45, 2.75) is 13.8 Å². The third-order valence-corrected chi connectivity index (χ3v) is 3.16. The summed E-state index contributed by atoms with van der Waals surface area (Å²) in [6.45, 7) is 3.77. The van der Waals surface area contributed by atoms with Crippen LogP contribution in [-0.2, 0) is 0 Å². The van der Waals surface area contributed by atoms with Crippen LogP contribution in [0.15, 0.2) is 10.5 Å². The number of ether oxygens (including phenoxy) is 1. The molecule has 0 amide bonds. The summed E-state index contributed by atoms with van der Waals surface area (Å²) in [7, 11) is 1.56. The van der Waals surface area contributed by atoms with Gasteiger partial charge in [0.1, 0.15) is 5.75 Å². The zero-order valence-electron chi connectivity index (χ0n) is 9.06. The van der Waals surface area contributed by atoms with Crippen LogP contribution in [0.5, 0.6) is 5.75 Å². The minimum atomic E-state index is -0.0973. The van der Waals surface area contributed by atoms with Crippen molar-refractivity contribution in [3.8, 4) is 5.75 Å². The molecule has 0 heterocycles. The standard InChI is InChI=1S/C11H14BrNO2/c1-6-4-8(12)7(2)11(15-3)10(6)9(14)5-13/h4H,5,13H2,1-3H3. The summed E-state index contributed by atoms with van der Waals surface area (Å²) in [5.74, 6) is 0.511. The first kappa shape index (κ1) is 12.2. The van der Waals surface area contributed by atoms with E-state index >= 15 is 0 Å². The van der Waals surface area contributed by atoms with Gasteiger partial charge in [0.15, 0.2) is 5.78 Å². The number of ketones is 1. The lowest BCUT2D eigenvalue weighted by molar-refractivity contribution is 0.0997. The molecule has 0 atom stereocenters. The lowest BCUT2D eigenvalue weighted by Crippen LogP contribution is -2.16. The number of carbonyl (C=O) groups is 1. The van der Waals surface area contributed by atoms with E-state index in [9.17, 15) is 4.79 Å². The van der Waals surface area contributed by atoms with Crippen molar-refractivity contribution in [1.29, 1.82) is 0 Å². The van der Waals surface area contributed by atoms with Crippen LogP contribution in [0, 0.1) is 13.8 Å². The van der Waals surface area contributed by atoms with E-state index in [-0.39, 0.29) is 12.3 Å². The molecule has 0 aliphatic carbocycles. The van der Waals surface area contributed by atoms with Crippen LogP contribution in [0.2, 0.25) is 0 Å². The van der Waals surface area contributed by atoms with Gasteiger partial charge in [-0.1, -0.05) is 15.9 Å². The number of hydrogen-bond donors (Lipinski definition) is 1. The Morgan fingerprint density at radius 3 is 2.60 bits per heavy atom. The van der Waals surface area contributed by atoms with E-state index in [0.29, 0.717) is 11.3 Å². The predicted molar refractivity (Wildman–Crippen MR) is 63.6 cm³/mol. The monoisotopic (exact) mass is 271 g/mol. The van der Waals surface area contributed by atoms with Crippen LogP contribution in [-0.4, -0.2) is 19.4 Å². The number of aryl methyl sites for hydroxylation is 1. The van der Waals surface area contributed by atoms with Gasteiger partial charge < -0.3 is 10.5 Å². The van der Waals surface area contributed by atoms with Crippen molar-refractivity contribution in [3.63, 3.8) is 0 Å². The number of carbonyl (C=O) groups excluding carboxylic acids is 1. The van der Waals surface area contributed by atoms with Crippen LogP contribution >= 0.6 is 15.9 Å². The zero-order valence-corrected chi connectivity index (χ0v) is 10.6. The Morgan fingerprint density at radius 1 is 1.53 bits per heavy atom. The molecule has 0 aliphatic heterocycles. The van der Waals surface area contributed by atoms with Crippen molar-refractivity contribution in [2.24, 2.45) is 5.73 Å². The van der Waals surface area contributed by atoms with Crippen molar-refractivity contribution >= 4 is 21.7 Å². The number of methoxy groups -OCH3 is 1. The van der Waals surface area contributed by atoms with Crippen LogP contribution in [0.25, 0.3) is 0 Å². The number of Topliss-reactive ketones (excluding diaryl/α,β-unsaturated/α-hetero) is 1. The number of nitrogens with two attached hydrogens (primary N) is 1. The fourth-order valence-electron chi connectivity index (χ4n) is 1.55. The summed E-state index contributed by atoms with van der Waals surface area (Å²) < 4.78 is 6.19. The van der Waals surface area contributed by atoms with E-state index in [1.807, 2.05) is 19.9 Å². The van der Waals surface area contributed by atoms with Gasteiger partial charge in [-0.15, -0.1) is 0 Å². The van der Waals surface area contributed by atoms with Gasteiger partial charge in [-0.2, -0.15) is 0 Å². The Labute approximate surface area is 97.7 Å². The molecule has 0 bridgehead atoms. The van der Waals surface area contributed by atoms with Crippen molar-refractivity contribution < 1.29 is 9.53 Å². The fraction of sp³-hybridized carbons (Fsp3) is 0.364. The number of halogens is 1. The molecule has 2 N–H and O–H groups in total. The average Bonchev–Trinajstić information content (AvgIpc) is 2.21. The molecule has 0 saturated heterocycles. The van der Waals surface area contributed by atoms with Gasteiger partial charge in [0.05, 0.1) is 19.2 Å². The number of benzene rings is 1. The molecule has 1 aromatic carbocycles. The molecule has 1 aromatic rings. The molecule has 3 nitrogen and oxygen atoms in total. The second-order valence-electron chi connectivity index (χ2n) is 3.34. The van der Waals surface area contributed by atoms with E-state index in [1.165, 1.54) is 0 Å². The Bertz CT molecular complexity index is 402. The number of hydrogen-bond acceptors (Lipinski definition) is 3. The molecule has 0 saturated carbocycles. The van der Waals surface area contributed by atoms with E-state index in [1.54, 1.807) is 7.11 Å². The first-order valence-corrected chi connectivity index (χ1v) is 5.39. The average molecular weight is 272 g/mol. The van der Waals surface area contributed by atoms with Gasteiger partial charge in [0.25, 0.3) is 0 Å². The molecular formula is C11H14BrNO2. The summed E-state index contributed by atoms with van der Waals surface area (Å²) in [5.41, 5.74) is 7.74. The van der Waals surface area contributed by atoms with Crippen molar-refractivity contribution in [1.82, 2.24) is 0 Å². The Hall–Kier alpha value is -0.870. The maximum absolute atomic E-state index is 11.7.